The molecule has 0 aliphatic carbocycles. The Labute approximate surface area is 223 Å². The Morgan fingerprint density at radius 2 is 1.29 bits per heavy atom. The minimum Gasteiger partial charge on any atom is -0.454 e. The van der Waals surface area contributed by atoms with E-state index in [0.29, 0.717) is 0 Å². The monoisotopic (exact) mass is 473 g/mol. The zero-order valence-corrected chi connectivity index (χ0v) is 19.2. The SMILES string of the molecule is [2H]c1c([2H])c([2H])c2c(oc3c([2H])c(B4OC(C)(C)C(C)(C)O4)c([2H])c([2H])c32)c1-n1c2c([2H])c([2H])c([2H])c([2H])c2c2c([2H])c([2H])c([2H])c([2H])c21. The molecule has 4 nitrogen and oxygen atoms in total. The molecule has 0 spiro atoms. The van der Waals surface area contributed by atoms with Gasteiger partial charge in [0.1, 0.15) is 5.58 Å². The third-order valence-corrected chi connectivity index (χ3v) is 6.81. The summed E-state index contributed by atoms with van der Waals surface area (Å²) in [4.78, 5) is 0. The summed E-state index contributed by atoms with van der Waals surface area (Å²) < 4.78 is 142. The van der Waals surface area contributed by atoms with Crippen LogP contribution < -0.4 is 5.46 Å². The number of rotatable bonds is 2. The van der Waals surface area contributed by atoms with Crippen LogP contribution in [0.25, 0.3) is 49.4 Å². The van der Waals surface area contributed by atoms with E-state index in [1.807, 2.05) is 0 Å². The molecule has 0 atom stereocenters. The maximum atomic E-state index is 9.13. The smallest absolute Gasteiger partial charge is 0.454 e. The van der Waals surface area contributed by atoms with Gasteiger partial charge in [-0.05, 0) is 57.3 Å². The topological polar surface area (TPSA) is 36.5 Å². The van der Waals surface area contributed by atoms with Crippen molar-refractivity contribution in [3.63, 3.8) is 0 Å². The van der Waals surface area contributed by atoms with E-state index >= 15 is 0 Å². The number of hydrogen-bond acceptors (Lipinski definition) is 3. The fraction of sp³-hybridized carbons (Fsp3) is 0.200. The molecule has 1 fully saturated rings. The lowest BCUT2D eigenvalue weighted by molar-refractivity contribution is 0.00578. The fourth-order valence-corrected chi connectivity index (χ4v) is 4.30. The first-order valence-electron chi connectivity index (χ1n) is 18.0. The maximum Gasteiger partial charge on any atom is 0.494 e. The van der Waals surface area contributed by atoms with Crippen LogP contribution in [0, 0.1) is 0 Å². The van der Waals surface area contributed by atoms with E-state index in [9.17, 15) is 0 Å². The lowest BCUT2D eigenvalue weighted by Crippen LogP contribution is -2.41. The molecule has 4 aromatic carbocycles. The molecule has 35 heavy (non-hydrogen) atoms. The van der Waals surface area contributed by atoms with E-state index in [1.165, 1.54) is 0 Å². The van der Waals surface area contributed by atoms with E-state index in [2.05, 4.69) is 0 Å². The third-order valence-electron chi connectivity index (χ3n) is 6.81. The molecule has 1 aliphatic heterocycles. The molecule has 6 aromatic rings. The highest BCUT2D eigenvalue weighted by Gasteiger charge is 2.51. The van der Waals surface area contributed by atoms with Crippen molar-refractivity contribution >= 4 is 56.3 Å². The van der Waals surface area contributed by atoms with Gasteiger partial charge in [0.05, 0.1) is 47.1 Å². The van der Waals surface area contributed by atoms with Gasteiger partial charge >= 0.3 is 7.12 Å². The Bertz CT molecular complexity index is 2430. The Kier molecular flexibility index (Phi) is 2.21. The van der Waals surface area contributed by atoms with Crippen molar-refractivity contribution < 1.29 is 32.9 Å². The van der Waals surface area contributed by atoms with Crippen LogP contribution in [0.3, 0.4) is 0 Å². The first-order valence-corrected chi connectivity index (χ1v) is 11.0. The van der Waals surface area contributed by atoms with Gasteiger partial charge in [0.2, 0.25) is 0 Å². The van der Waals surface area contributed by atoms with Crippen LogP contribution in [0.4, 0.5) is 0 Å². The third kappa shape index (κ3) is 2.89. The van der Waals surface area contributed by atoms with Crippen molar-refractivity contribution in [3.8, 4) is 5.69 Å². The highest BCUT2D eigenvalue weighted by atomic mass is 16.7. The van der Waals surface area contributed by atoms with Gasteiger partial charge in [-0.15, -0.1) is 0 Å². The second-order valence-electron chi connectivity index (χ2n) is 9.39. The van der Waals surface area contributed by atoms with Gasteiger partial charge in [0, 0.05) is 21.5 Å². The first kappa shape index (κ1) is 11.0. The highest BCUT2D eigenvalue weighted by molar-refractivity contribution is 6.62. The number of furan rings is 1. The van der Waals surface area contributed by atoms with Crippen molar-refractivity contribution in [2.75, 3.05) is 0 Å². The molecule has 0 radical (unpaired) electrons. The molecule has 0 saturated carbocycles. The molecule has 0 bridgehead atoms. The summed E-state index contributed by atoms with van der Waals surface area (Å²) in [7, 11) is -1.25. The van der Waals surface area contributed by atoms with Crippen molar-refractivity contribution in [2.24, 2.45) is 0 Å². The second-order valence-corrected chi connectivity index (χ2v) is 9.39. The minimum atomic E-state index is -1.25. The predicted molar refractivity (Wildman–Crippen MR) is 144 cm³/mol. The zero-order chi connectivity index (χ0) is 36.1. The standard InChI is InChI=1S/C30H26BNO3/c1-29(2)30(3,4)35-31(34-29)19-16-17-22-23-12-9-15-26(28(23)33-27(22)18-19)32-24-13-7-5-10-20(24)21-11-6-8-14-25(21)32/h5-18H,1-4H3/i5D,6D,7D,8D,9D,10D,11D,12D,13D,14D,15D,16D,17D,18D. The van der Waals surface area contributed by atoms with Gasteiger partial charge in [-0.2, -0.15) is 0 Å². The van der Waals surface area contributed by atoms with Gasteiger partial charge in [-0.3, -0.25) is 0 Å². The normalized spacial score (nSPS) is 22.9. The number of aromatic nitrogens is 1. The number of fused-ring (bicyclic) bond motifs is 6. The van der Waals surface area contributed by atoms with Crippen LogP contribution in [0.5, 0.6) is 0 Å². The van der Waals surface area contributed by atoms with E-state index in [4.69, 9.17) is 32.9 Å². The van der Waals surface area contributed by atoms with Crippen LogP contribution in [0.1, 0.15) is 46.9 Å². The molecule has 0 unspecified atom stereocenters. The molecule has 172 valence electrons. The van der Waals surface area contributed by atoms with E-state index in [1.54, 1.807) is 27.7 Å². The number of hydrogen-bond donors (Lipinski definition) is 0. The lowest BCUT2D eigenvalue weighted by atomic mass is 9.79. The van der Waals surface area contributed by atoms with Gasteiger partial charge in [-0.1, -0.05) is 60.4 Å². The summed E-state index contributed by atoms with van der Waals surface area (Å²) in [5.74, 6) is 0. The van der Waals surface area contributed by atoms with Gasteiger partial charge in [0.25, 0.3) is 0 Å². The van der Waals surface area contributed by atoms with Crippen molar-refractivity contribution in [3.05, 3.63) is 84.6 Å². The Morgan fingerprint density at radius 3 is 1.94 bits per heavy atom. The summed E-state index contributed by atoms with van der Waals surface area (Å²) in [5.41, 5.74) is -3.60. The van der Waals surface area contributed by atoms with Crippen LogP contribution in [0.2, 0.25) is 0 Å². The van der Waals surface area contributed by atoms with Crippen LogP contribution in [0.15, 0.2) is 89.0 Å². The molecular formula is C30H26BNO3. The Hall–Kier alpha value is -3.54. The molecule has 0 N–H and O–H groups in total. The highest BCUT2D eigenvalue weighted by Crippen LogP contribution is 2.39. The molecule has 2 aromatic heterocycles. The van der Waals surface area contributed by atoms with E-state index in [0.717, 1.165) is 4.57 Å². The van der Waals surface area contributed by atoms with Crippen molar-refractivity contribution in [1.82, 2.24) is 4.57 Å². The molecule has 1 saturated heterocycles. The number of nitrogens with zero attached hydrogens (tertiary/aromatic N) is 1. The summed E-state index contributed by atoms with van der Waals surface area (Å²) in [6.07, 6.45) is 0. The quantitative estimate of drug-likeness (QED) is 0.255. The molecule has 1 aliphatic rings. The molecule has 0 amide bonds. The van der Waals surface area contributed by atoms with Gasteiger partial charge in [0.15, 0.2) is 5.58 Å². The number of para-hydroxylation sites is 3. The average Bonchev–Trinajstić information content (AvgIpc) is 3.66. The van der Waals surface area contributed by atoms with Crippen LogP contribution in [-0.4, -0.2) is 22.9 Å². The maximum absolute atomic E-state index is 9.13. The van der Waals surface area contributed by atoms with Crippen molar-refractivity contribution in [1.29, 1.82) is 0 Å². The first-order chi connectivity index (χ1) is 22.7. The summed E-state index contributed by atoms with van der Waals surface area (Å²) >= 11 is 0. The lowest BCUT2D eigenvalue weighted by Gasteiger charge is -2.32. The predicted octanol–water partition coefficient (Wildman–Crippen LogP) is 6.98. The second kappa shape index (κ2) is 7.00. The minimum absolute atomic E-state index is 0.124. The van der Waals surface area contributed by atoms with E-state index in [-0.39, 0.29) is 49.2 Å². The summed E-state index contributed by atoms with van der Waals surface area (Å²) in [6.45, 7) is 7.12. The molecular weight excluding hydrogens is 433 g/mol. The Morgan fingerprint density at radius 1 is 0.686 bits per heavy atom. The van der Waals surface area contributed by atoms with E-state index < -0.39 is 109 Å². The summed E-state index contributed by atoms with van der Waals surface area (Å²) in [5, 5.41) is -0.973. The van der Waals surface area contributed by atoms with Crippen LogP contribution >= 0.6 is 0 Å². The zero-order valence-electron chi connectivity index (χ0n) is 33.2. The van der Waals surface area contributed by atoms with Gasteiger partial charge in [-0.25, -0.2) is 0 Å². The molecule has 5 heteroatoms. The molecule has 3 heterocycles. The van der Waals surface area contributed by atoms with Crippen molar-refractivity contribution in [2.45, 2.75) is 38.9 Å². The largest absolute Gasteiger partial charge is 0.494 e. The van der Waals surface area contributed by atoms with Gasteiger partial charge < -0.3 is 18.3 Å². The average molecular weight is 473 g/mol. The number of benzene rings is 4. The van der Waals surface area contributed by atoms with Crippen LogP contribution in [-0.2, 0) is 9.31 Å². The summed E-state index contributed by atoms with van der Waals surface area (Å²) in [6, 6.07) is -8.55. The molecule has 7 rings (SSSR count). The fourth-order valence-electron chi connectivity index (χ4n) is 4.30. The Balaban J connectivity index is 1.72.